The predicted octanol–water partition coefficient (Wildman–Crippen LogP) is 2.93. The lowest BCUT2D eigenvalue weighted by molar-refractivity contribution is -0.120. The van der Waals surface area contributed by atoms with Gasteiger partial charge in [0.2, 0.25) is 5.91 Å². The van der Waals surface area contributed by atoms with E-state index in [9.17, 15) is 9.59 Å². The van der Waals surface area contributed by atoms with Crippen molar-refractivity contribution in [2.45, 2.75) is 26.3 Å². The van der Waals surface area contributed by atoms with Gasteiger partial charge in [-0.05, 0) is 24.5 Å². The molecule has 0 radical (unpaired) electrons. The highest BCUT2D eigenvalue weighted by Crippen LogP contribution is 2.25. The molecule has 0 saturated heterocycles. The number of carbonyl (C=O) groups is 2. The lowest BCUT2D eigenvalue weighted by Crippen LogP contribution is -2.46. The van der Waals surface area contributed by atoms with Crippen molar-refractivity contribution in [3.8, 4) is 0 Å². The Morgan fingerprint density at radius 3 is 2.71 bits per heavy atom. The van der Waals surface area contributed by atoms with Gasteiger partial charge >= 0.3 is 0 Å². The molecule has 1 unspecified atom stereocenters. The number of hydrogen-bond acceptors (Lipinski definition) is 2. The van der Waals surface area contributed by atoms with Gasteiger partial charge < -0.3 is 10.2 Å². The summed E-state index contributed by atoms with van der Waals surface area (Å²) >= 11 is 5.58. The van der Waals surface area contributed by atoms with E-state index < -0.39 is 6.04 Å². The van der Waals surface area contributed by atoms with Gasteiger partial charge in [0.05, 0.1) is 11.3 Å². The third-order valence-electron chi connectivity index (χ3n) is 3.39. The number of carbonyl (C=O) groups excluding carboxylic acids is 2. The van der Waals surface area contributed by atoms with Gasteiger partial charge in [-0.15, -0.1) is 0 Å². The minimum atomic E-state index is -0.506. The first-order chi connectivity index (χ1) is 10.0. The molecule has 1 atom stereocenters. The average molecular weight is 307 g/mol. The van der Waals surface area contributed by atoms with Crippen LogP contribution in [0.15, 0.2) is 35.9 Å². The molecular weight excluding hydrogens is 288 g/mol. The summed E-state index contributed by atoms with van der Waals surface area (Å²) < 4.78 is 0. The molecule has 0 spiro atoms. The van der Waals surface area contributed by atoms with Gasteiger partial charge in [0.25, 0.3) is 5.91 Å². The Hall–Kier alpha value is -1.81. The summed E-state index contributed by atoms with van der Waals surface area (Å²) in [5, 5.41) is 2.84. The first-order valence-corrected chi connectivity index (χ1v) is 7.44. The lowest BCUT2D eigenvalue weighted by Gasteiger charge is -2.24. The highest BCUT2D eigenvalue weighted by atomic mass is 35.5. The summed E-state index contributed by atoms with van der Waals surface area (Å²) in [7, 11) is 0. The third-order valence-corrected chi connectivity index (χ3v) is 3.57. The second-order valence-corrected chi connectivity index (χ2v) is 5.74. The number of amides is 2. The fourth-order valence-corrected chi connectivity index (χ4v) is 2.55. The number of halogens is 1. The zero-order valence-corrected chi connectivity index (χ0v) is 12.9. The second-order valence-electron chi connectivity index (χ2n) is 5.48. The van der Waals surface area contributed by atoms with Gasteiger partial charge in [-0.2, -0.15) is 0 Å². The molecule has 0 saturated carbocycles. The Labute approximate surface area is 129 Å². The zero-order valence-electron chi connectivity index (χ0n) is 12.2. The SMILES string of the molecule is CC(C)CC1NC(=O)c2ccccc2N(C/C=C/Cl)C1=O. The first kappa shape index (κ1) is 15.6. The van der Waals surface area contributed by atoms with Gasteiger partial charge in [-0.1, -0.05) is 43.7 Å². The standard InChI is InChI=1S/C16H19ClN2O2/c1-11(2)10-13-16(21)19(9-5-8-17)14-7-4-3-6-12(14)15(20)18-13/h3-8,11,13H,9-10H2,1-2H3,(H,18,20)/b8-5+. The Morgan fingerprint density at radius 2 is 2.05 bits per heavy atom. The predicted molar refractivity (Wildman–Crippen MR) is 84.5 cm³/mol. The van der Waals surface area contributed by atoms with E-state index in [-0.39, 0.29) is 11.8 Å². The Balaban J connectivity index is 2.43. The van der Waals surface area contributed by atoms with Gasteiger partial charge in [0, 0.05) is 12.1 Å². The molecule has 1 aliphatic heterocycles. The van der Waals surface area contributed by atoms with E-state index in [0.717, 1.165) is 0 Å². The largest absolute Gasteiger partial charge is 0.340 e. The average Bonchev–Trinajstić information content (AvgIpc) is 2.54. The fourth-order valence-electron chi connectivity index (χ4n) is 2.47. The van der Waals surface area contributed by atoms with Crippen LogP contribution in [0, 0.1) is 5.92 Å². The van der Waals surface area contributed by atoms with E-state index >= 15 is 0 Å². The van der Waals surface area contributed by atoms with Crippen molar-refractivity contribution < 1.29 is 9.59 Å². The number of nitrogens with one attached hydrogen (secondary N) is 1. The van der Waals surface area contributed by atoms with Crippen LogP contribution in [-0.4, -0.2) is 24.4 Å². The number of rotatable bonds is 4. The molecule has 1 heterocycles. The number of para-hydroxylation sites is 1. The molecule has 5 heteroatoms. The maximum Gasteiger partial charge on any atom is 0.254 e. The summed E-state index contributed by atoms with van der Waals surface area (Å²) in [4.78, 5) is 26.7. The molecule has 0 aromatic heterocycles. The Kier molecular flexibility index (Phi) is 5.02. The first-order valence-electron chi connectivity index (χ1n) is 7.01. The Morgan fingerprint density at radius 1 is 1.33 bits per heavy atom. The molecule has 112 valence electrons. The number of benzene rings is 1. The molecule has 0 aliphatic carbocycles. The molecule has 2 amide bonds. The summed E-state index contributed by atoms with van der Waals surface area (Å²) in [6.07, 6.45) is 2.30. The van der Waals surface area contributed by atoms with Crippen molar-refractivity contribution in [3.05, 3.63) is 41.4 Å². The molecule has 1 N–H and O–H groups in total. The summed E-state index contributed by atoms with van der Waals surface area (Å²) in [5.41, 5.74) is 2.52. The molecule has 1 aliphatic rings. The minimum Gasteiger partial charge on any atom is -0.340 e. The quantitative estimate of drug-likeness (QED) is 0.930. The molecule has 0 fully saturated rings. The molecule has 0 bridgehead atoms. The van der Waals surface area contributed by atoms with Crippen molar-refractivity contribution in [2.24, 2.45) is 5.92 Å². The van der Waals surface area contributed by atoms with E-state index in [1.807, 2.05) is 19.9 Å². The number of nitrogens with zero attached hydrogens (tertiary/aromatic N) is 1. The van der Waals surface area contributed by atoms with Crippen LogP contribution in [0.5, 0.6) is 0 Å². The smallest absolute Gasteiger partial charge is 0.254 e. The zero-order chi connectivity index (χ0) is 15.4. The van der Waals surface area contributed by atoms with E-state index in [2.05, 4.69) is 5.32 Å². The van der Waals surface area contributed by atoms with Crippen LogP contribution in [0.2, 0.25) is 0 Å². The van der Waals surface area contributed by atoms with Crippen LogP contribution in [0.4, 0.5) is 5.69 Å². The highest BCUT2D eigenvalue weighted by Gasteiger charge is 2.33. The summed E-state index contributed by atoms with van der Waals surface area (Å²) in [6.45, 7) is 4.41. The monoisotopic (exact) mass is 306 g/mol. The van der Waals surface area contributed by atoms with Crippen molar-refractivity contribution in [1.82, 2.24) is 5.32 Å². The van der Waals surface area contributed by atoms with Crippen LogP contribution in [-0.2, 0) is 4.79 Å². The topological polar surface area (TPSA) is 49.4 Å². The molecule has 4 nitrogen and oxygen atoms in total. The third kappa shape index (κ3) is 3.45. The van der Waals surface area contributed by atoms with Crippen LogP contribution in [0.3, 0.4) is 0 Å². The van der Waals surface area contributed by atoms with Crippen molar-refractivity contribution >= 4 is 29.1 Å². The van der Waals surface area contributed by atoms with E-state index in [1.54, 1.807) is 29.2 Å². The van der Waals surface area contributed by atoms with Crippen LogP contribution < -0.4 is 10.2 Å². The van der Waals surface area contributed by atoms with Crippen LogP contribution >= 0.6 is 11.6 Å². The van der Waals surface area contributed by atoms with Gasteiger partial charge in [-0.3, -0.25) is 9.59 Å². The Bertz CT molecular complexity index is 569. The lowest BCUT2D eigenvalue weighted by atomic mass is 10.0. The summed E-state index contributed by atoms with van der Waals surface area (Å²) in [6, 6.07) is 6.62. The normalized spacial score (nSPS) is 18.9. The molecular formula is C16H19ClN2O2. The molecule has 21 heavy (non-hydrogen) atoms. The van der Waals surface area contributed by atoms with Crippen molar-refractivity contribution in [1.29, 1.82) is 0 Å². The van der Waals surface area contributed by atoms with E-state index in [4.69, 9.17) is 11.6 Å². The maximum absolute atomic E-state index is 12.7. The molecule has 1 aromatic carbocycles. The van der Waals surface area contributed by atoms with Gasteiger partial charge in [0.15, 0.2) is 0 Å². The van der Waals surface area contributed by atoms with Crippen LogP contribution in [0.25, 0.3) is 0 Å². The van der Waals surface area contributed by atoms with Crippen molar-refractivity contribution in [2.75, 3.05) is 11.4 Å². The van der Waals surface area contributed by atoms with E-state index in [1.165, 1.54) is 5.54 Å². The molecule has 1 aromatic rings. The minimum absolute atomic E-state index is 0.100. The number of hydrogen-bond donors (Lipinski definition) is 1. The highest BCUT2D eigenvalue weighted by molar-refractivity contribution is 6.25. The van der Waals surface area contributed by atoms with Crippen molar-refractivity contribution in [3.63, 3.8) is 0 Å². The van der Waals surface area contributed by atoms with E-state index in [0.29, 0.717) is 30.1 Å². The van der Waals surface area contributed by atoms with Crippen LogP contribution in [0.1, 0.15) is 30.6 Å². The van der Waals surface area contributed by atoms with Gasteiger partial charge in [0.1, 0.15) is 6.04 Å². The van der Waals surface area contributed by atoms with Gasteiger partial charge in [-0.25, -0.2) is 0 Å². The summed E-state index contributed by atoms with van der Waals surface area (Å²) in [5.74, 6) is 0.00426. The fraction of sp³-hybridized carbons (Fsp3) is 0.375. The number of anilines is 1. The molecule has 2 rings (SSSR count). The second kappa shape index (κ2) is 6.76. The maximum atomic E-state index is 12.7. The number of fused-ring (bicyclic) bond motifs is 1.